The summed E-state index contributed by atoms with van der Waals surface area (Å²) in [7, 11) is -3.65. The monoisotopic (exact) mass is 341 g/mol. The number of carbonyl (C=O) groups excluding carboxylic acids is 1. The molecule has 5 nitrogen and oxygen atoms in total. The molecule has 0 bridgehead atoms. The molecule has 0 spiro atoms. The molecule has 0 fully saturated rings. The zero-order valence-electron chi connectivity index (χ0n) is 9.32. The normalized spacial score (nSPS) is 11.5. The smallest absolute Gasteiger partial charge is 0.321 e. The summed E-state index contributed by atoms with van der Waals surface area (Å²) in [5, 5.41) is 0. The summed E-state index contributed by atoms with van der Waals surface area (Å²) in [5.74, 6) is -0.594. The number of rotatable bonds is 5. The van der Waals surface area contributed by atoms with Gasteiger partial charge in [0.15, 0.2) is 0 Å². The number of aryl methyl sites for hydroxylation is 1. The van der Waals surface area contributed by atoms with Crippen LogP contribution in [0.1, 0.15) is 11.8 Å². The van der Waals surface area contributed by atoms with Gasteiger partial charge in [0.2, 0.25) is 10.0 Å². The van der Waals surface area contributed by atoms with E-state index in [2.05, 4.69) is 25.4 Å². The molecule has 17 heavy (non-hydrogen) atoms. The highest BCUT2D eigenvalue weighted by molar-refractivity contribution is 9.11. The van der Waals surface area contributed by atoms with Crippen molar-refractivity contribution in [2.24, 2.45) is 0 Å². The maximum Gasteiger partial charge on any atom is 0.321 e. The fraction of sp³-hybridized carbons (Fsp3) is 0.444. The molecule has 0 aromatic carbocycles. The van der Waals surface area contributed by atoms with Gasteiger partial charge in [-0.05, 0) is 35.8 Å². The standard InChI is InChI=1S/C9H12BrNO4S2/c1-3-15-9(12)5-11-17(13,14)7-4-8(10)16-6(7)2/h4,11H,3,5H2,1-2H3. The summed E-state index contributed by atoms with van der Waals surface area (Å²) in [4.78, 5) is 11.9. The molecule has 96 valence electrons. The predicted molar refractivity (Wildman–Crippen MR) is 68.6 cm³/mol. The Bertz CT molecular complexity index is 509. The molecule has 8 heteroatoms. The average Bonchev–Trinajstić information content (AvgIpc) is 2.56. The highest BCUT2D eigenvalue weighted by Gasteiger charge is 2.20. The number of carbonyl (C=O) groups is 1. The fourth-order valence-electron chi connectivity index (χ4n) is 1.14. The first kappa shape index (κ1) is 14.6. The Hall–Kier alpha value is -0.440. The molecular weight excluding hydrogens is 330 g/mol. The van der Waals surface area contributed by atoms with Gasteiger partial charge >= 0.3 is 5.97 Å². The first-order chi connectivity index (χ1) is 7.86. The molecule has 0 aliphatic heterocycles. The van der Waals surface area contributed by atoms with Crippen LogP contribution in [0.15, 0.2) is 14.7 Å². The molecule has 1 aromatic heterocycles. The number of sulfonamides is 1. The third kappa shape index (κ3) is 4.06. The van der Waals surface area contributed by atoms with Gasteiger partial charge in [0, 0.05) is 4.88 Å². The summed E-state index contributed by atoms with van der Waals surface area (Å²) in [6.07, 6.45) is 0. The molecule has 1 aromatic rings. The molecule has 0 aliphatic carbocycles. The van der Waals surface area contributed by atoms with Crippen LogP contribution in [0.5, 0.6) is 0 Å². The minimum Gasteiger partial charge on any atom is -0.465 e. The summed E-state index contributed by atoms with van der Waals surface area (Å²) in [6, 6.07) is 1.51. The van der Waals surface area contributed by atoms with Gasteiger partial charge in [0.1, 0.15) is 6.54 Å². The van der Waals surface area contributed by atoms with Crippen molar-refractivity contribution < 1.29 is 17.9 Å². The van der Waals surface area contributed by atoms with E-state index < -0.39 is 16.0 Å². The van der Waals surface area contributed by atoms with E-state index in [0.29, 0.717) is 4.88 Å². The molecule has 0 atom stereocenters. The Morgan fingerprint density at radius 3 is 2.71 bits per heavy atom. The zero-order chi connectivity index (χ0) is 13.1. The minimum absolute atomic E-state index is 0.179. The molecule has 0 aliphatic rings. The Labute approximate surface area is 112 Å². The summed E-state index contributed by atoms with van der Waals surface area (Å²) >= 11 is 4.54. The van der Waals surface area contributed by atoms with E-state index in [4.69, 9.17) is 0 Å². The maximum atomic E-state index is 11.8. The van der Waals surface area contributed by atoms with Crippen molar-refractivity contribution in [1.82, 2.24) is 4.72 Å². The van der Waals surface area contributed by atoms with Crippen LogP contribution < -0.4 is 4.72 Å². The third-order valence-electron chi connectivity index (χ3n) is 1.84. The quantitative estimate of drug-likeness (QED) is 0.826. The predicted octanol–water partition coefficient (Wildman–Crippen LogP) is 1.66. The molecule has 0 unspecified atom stereocenters. The number of ether oxygens (including phenoxy) is 1. The number of thiophene rings is 1. The highest BCUT2D eigenvalue weighted by Crippen LogP contribution is 2.29. The molecule has 0 saturated heterocycles. The van der Waals surface area contributed by atoms with E-state index in [9.17, 15) is 13.2 Å². The van der Waals surface area contributed by atoms with Crippen molar-refractivity contribution in [3.63, 3.8) is 0 Å². The average molecular weight is 342 g/mol. The van der Waals surface area contributed by atoms with E-state index in [1.165, 1.54) is 17.4 Å². The minimum atomic E-state index is -3.65. The largest absolute Gasteiger partial charge is 0.465 e. The van der Waals surface area contributed by atoms with Crippen LogP contribution in [0.3, 0.4) is 0 Å². The molecule has 0 radical (unpaired) electrons. The number of nitrogens with one attached hydrogen (secondary N) is 1. The molecular formula is C9H12BrNO4S2. The number of hydrogen-bond donors (Lipinski definition) is 1. The zero-order valence-corrected chi connectivity index (χ0v) is 12.5. The fourth-order valence-corrected chi connectivity index (χ4v) is 4.52. The Kier molecular flexibility index (Phi) is 5.11. The van der Waals surface area contributed by atoms with Gasteiger partial charge in [-0.3, -0.25) is 4.79 Å². The first-order valence-electron chi connectivity index (χ1n) is 4.78. The van der Waals surface area contributed by atoms with Crippen molar-refractivity contribution in [2.45, 2.75) is 18.7 Å². The molecule has 1 N–H and O–H groups in total. The summed E-state index contributed by atoms with van der Waals surface area (Å²) in [5.41, 5.74) is 0. The highest BCUT2D eigenvalue weighted by atomic mass is 79.9. The van der Waals surface area contributed by atoms with Crippen molar-refractivity contribution in [1.29, 1.82) is 0 Å². The van der Waals surface area contributed by atoms with Gasteiger partial charge < -0.3 is 4.74 Å². The second kappa shape index (κ2) is 5.94. The van der Waals surface area contributed by atoms with Crippen LogP contribution >= 0.6 is 27.3 Å². The number of halogens is 1. The molecule has 1 heterocycles. The van der Waals surface area contributed by atoms with Crippen LogP contribution in [0.4, 0.5) is 0 Å². The van der Waals surface area contributed by atoms with Crippen LogP contribution in [0.25, 0.3) is 0 Å². The number of esters is 1. The van der Waals surface area contributed by atoms with E-state index in [0.717, 1.165) is 3.79 Å². The van der Waals surface area contributed by atoms with Crippen LogP contribution in [0, 0.1) is 6.92 Å². The van der Waals surface area contributed by atoms with E-state index in [-0.39, 0.29) is 18.0 Å². The van der Waals surface area contributed by atoms with Crippen molar-refractivity contribution in [3.05, 3.63) is 14.7 Å². The summed E-state index contributed by atoms with van der Waals surface area (Å²) < 4.78 is 31.2. The Morgan fingerprint density at radius 1 is 1.59 bits per heavy atom. The van der Waals surface area contributed by atoms with Gasteiger partial charge in [-0.1, -0.05) is 0 Å². The lowest BCUT2D eigenvalue weighted by Gasteiger charge is -2.05. The van der Waals surface area contributed by atoms with E-state index in [1.54, 1.807) is 13.8 Å². The van der Waals surface area contributed by atoms with Gasteiger partial charge in [0.05, 0.1) is 15.3 Å². The van der Waals surface area contributed by atoms with Crippen LogP contribution in [-0.4, -0.2) is 27.5 Å². The second-order valence-corrected chi connectivity index (χ2v) is 7.47. The topological polar surface area (TPSA) is 72.5 Å². The van der Waals surface area contributed by atoms with E-state index >= 15 is 0 Å². The van der Waals surface area contributed by atoms with Crippen LogP contribution in [0.2, 0.25) is 0 Å². The lowest BCUT2D eigenvalue weighted by molar-refractivity contribution is -0.141. The van der Waals surface area contributed by atoms with Crippen molar-refractivity contribution >= 4 is 43.3 Å². The first-order valence-corrected chi connectivity index (χ1v) is 7.87. The Morgan fingerprint density at radius 2 is 2.24 bits per heavy atom. The second-order valence-electron chi connectivity index (χ2n) is 3.10. The Balaban J connectivity index is 2.76. The lowest BCUT2D eigenvalue weighted by atomic mass is 10.5. The molecule has 1 rings (SSSR count). The maximum absolute atomic E-state index is 11.8. The molecule has 0 amide bonds. The van der Waals surface area contributed by atoms with Crippen LogP contribution in [-0.2, 0) is 19.6 Å². The van der Waals surface area contributed by atoms with Gasteiger partial charge in [-0.25, -0.2) is 8.42 Å². The van der Waals surface area contributed by atoms with E-state index in [1.807, 2.05) is 0 Å². The summed E-state index contributed by atoms with van der Waals surface area (Å²) in [6.45, 7) is 3.23. The van der Waals surface area contributed by atoms with Gasteiger partial charge in [-0.15, -0.1) is 11.3 Å². The lowest BCUT2D eigenvalue weighted by Crippen LogP contribution is -2.30. The van der Waals surface area contributed by atoms with Gasteiger partial charge in [0.25, 0.3) is 0 Å². The van der Waals surface area contributed by atoms with Crippen molar-refractivity contribution in [2.75, 3.05) is 13.2 Å². The van der Waals surface area contributed by atoms with Gasteiger partial charge in [-0.2, -0.15) is 4.72 Å². The molecule has 0 saturated carbocycles. The SMILES string of the molecule is CCOC(=O)CNS(=O)(=O)c1cc(Br)sc1C. The third-order valence-corrected chi connectivity index (χ3v) is 5.05. The number of hydrogen-bond acceptors (Lipinski definition) is 5. The van der Waals surface area contributed by atoms with Crippen molar-refractivity contribution in [3.8, 4) is 0 Å².